The fourth-order valence-corrected chi connectivity index (χ4v) is 4.91. The van der Waals surface area contributed by atoms with E-state index in [1.807, 2.05) is 60.7 Å². The van der Waals surface area contributed by atoms with Crippen LogP contribution in [0.15, 0.2) is 71.6 Å². The predicted molar refractivity (Wildman–Crippen MR) is 110 cm³/mol. The number of aliphatic hydroxyl groups is 1. The van der Waals surface area contributed by atoms with Crippen LogP contribution in [-0.4, -0.2) is 21.9 Å². The Bertz CT molecular complexity index is 784. The Morgan fingerprint density at radius 3 is 2.33 bits per heavy atom. The molecule has 142 valence electrons. The van der Waals surface area contributed by atoms with Crippen LogP contribution in [0.5, 0.6) is 0 Å². The van der Waals surface area contributed by atoms with Gasteiger partial charge in [0, 0.05) is 15.7 Å². The maximum absolute atomic E-state index is 13.0. The molecule has 2 aromatic rings. The van der Waals surface area contributed by atoms with Crippen molar-refractivity contribution < 1.29 is 14.6 Å². The summed E-state index contributed by atoms with van der Waals surface area (Å²) in [6.07, 6.45) is 4.58. The highest BCUT2D eigenvalue weighted by Gasteiger charge is 2.46. The number of hydrogen-bond donors (Lipinski definition) is 1. The van der Waals surface area contributed by atoms with Gasteiger partial charge in [0.05, 0.1) is 5.60 Å². The lowest BCUT2D eigenvalue weighted by Gasteiger charge is -2.38. The molecule has 0 aliphatic carbocycles. The van der Waals surface area contributed by atoms with Gasteiger partial charge in [-0.1, -0.05) is 68.3 Å². The summed E-state index contributed by atoms with van der Waals surface area (Å²) in [6.45, 7) is 3.85. The molecule has 0 saturated heterocycles. The van der Waals surface area contributed by atoms with Crippen molar-refractivity contribution in [2.75, 3.05) is 0 Å². The van der Waals surface area contributed by atoms with Gasteiger partial charge in [-0.3, -0.25) is 4.79 Å². The van der Waals surface area contributed by atoms with Crippen LogP contribution in [0, 0.1) is 5.92 Å². The third kappa shape index (κ3) is 4.82. The molecule has 27 heavy (non-hydrogen) atoms. The van der Waals surface area contributed by atoms with Crippen molar-refractivity contribution in [3.05, 3.63) is 72.3 Å². The van der Waals surface area contributed by atoms with Gasteiger partial charge in [0.2, 0.25) is 0 Å². The fraction of sp³-hybridized carbons (Fsp3) is 0.348. The van der Waals surface area contributed by atoms with Gasteiger partial charge >= 0.3 is 5.97 Å². The number of carbonyl (C=O) groups is 1. The van der Waals surface area contributed by atoms with Crippen LogP contribution >= 0.6 is 11.8 Å². The minimum absolute atomic E-state index is 0.0524. The molecule has 1 aliphatic rings. The van der Waals surface area contributed by atoms with Crippen LogP contribution in [0.25, 0.3) is 5.76 Å². The maximum Gasteiger partial charge on any atom is 0.318 e. The van der Waals surface area contributed by atoms with Gasteiger partial charge in [0.15, 0.2) is 0 Å². The minimum Gasteiger partial charge on any atom is -0.426 e. The number of ether oxygens (including phenoxy) is 1. The summed E-state index contributed by atoms with van der Waals surface area (Å²) in [5.41, 5.74) is -0.467. The Hall–Kier alpha value is -2.04. The van der Waals surface area contributed by atoms with Crippen molar-refractivity contribution in [2.45, 2.75) is 48.9 Å². The predicted octanol–water partition coefficient (Wildman–Crippen LogP) is 5.30. The van der Waals surface area contributed by atoms with Gasteiger partial charge in [0.1, 0.15) is 11.7 Å². The van der Waals surface area contributed by atoms with E-state index in [9.17, 15) is 9.90 Å². The van der Waals surface area contributed by atoms with E-state index in [1.54, 1.807) is 24.8 Å². The number of thioether (sulfide) groups is 1. The summed E-state index contributed by atoms with van der Waals surface area (Å²) in [7, 11) is 0. The first-order valence-corrected chi connectivity index (χ1v) is 10.3. The van der Waals surface area contributed by atoms with Crippen LogP contribution in [-0.2, 0) is 9.53 Å². The molecule has 1 N–H and O–H groups in total. The first-order valence-electron chi connectivity index (χ1n) is 9.45. The van der Waals surface area contributed by atoms with Gasteiger partial charge < -0.3 is 9.84 Å². The molecule has 3 unspecified atom stereocenters. The number of esters is 1. The molecule has 3 rings (SSSR count). The van der Waals surface area contributed by atoms with Crippen molar-refractivity contribution in [3.63, 3.8) is 0 Å². The highest BCUT2D eigenvalue weighted by Crippen LogP contribution is 2.42. The van der Waals surface area contributed by atoms with E-state index in [-0.39, 0.29) is 11.2 Å². The number of carbonyl (C=O) groups excluding carboxylic acids is 1. The molecule has 0 amide bonds. The molecule has 0 fully saturated rings. The number of benzene rings is 2. The number of unbranched alkanes of at least 4 members (excludes halogenated alkanes) is 1. The van der Waals surface area contributed by atoms with E-state index in [0.717, 1.165) is 29.7 Å². The van der Waals surface area contributed by atoms with Crippen LogP contribution in [0.3, 0.4) is 0 Å². The summed E-state index contributed by atoms with van der Waals surface area (Å²) in [5, 5.41) is 11.1. The van der Waals surface area contributed by atoms with Gasteiger partial charge in [-0.05, 0) is 31.6 Å². The van der Waals surface area contributed by atoms with E-state index < -0.39 is 11.5 Å². The molecule has 0 spiro atoms. The largest absolute Gasteiger partial charge is 0.426 e. The standard InChI is InChI=1S/C23H26O3S/c1-3-4-15-20(27-18-13-9-6-10-14-18)21-22(24)26-19(16-23(21,2)25)17-11-7-5-8-12-17/h5-14,16,20-21,25H,3-4,15H2,1-2H3. The molecule has 1 aliphatic heterocycles. The van der Waals surface area contributed by atoms with Crippen LogP contribution in [0.4, 0.5) is 0 Å². The van der Waals surface area contributed by atoms with Gasteiger partial charge in [-0.2, -0.15) is 0 Å². The highest BCUT2D eigenvalue weighted by atomic mass is 32.2. The first kappa shape index (κ1) is 19.7. The zero-order valence-electron chi connectivity index (χ0n) is 15.8. The molecule has 0 radical (unpaired) electrons. The second kappa shape index (κ2) is 8.77. The molecular formula is C23H26O3S. The molecule has 0 bridgehead atoms. The van der Waals surface area contributed by atoms with Crippen LogP contribution in [0.1, 0.15) is 38.7 Å². The molecule has 2 aromatic carbocycles. The maximum atomic E-state index is 13.0. The van der Waals surface area contributed by atoms with Crippen molar-refractivity contribution in [1.29, 1.82) is 0 Å². The smallest absolute Gasteiger partial charge is 0.318 e. The minimum atomic E-state index is -1.26. The lowest BCUT2D eigenvalue weighted by atomic mass is 9.82. The first-order chi connectivity index (χ1) is 13.0. The lowest BCUT2D eigenvalue weighted by Crippen LogP contribution is -2.47. The number of hydrogen-bond acceptors (Lipinski definition) is 4. The molecule has 0 saturated carbocycles. The van der Waals surface area contributed by atoms with Gasteiger partial charge in [0.25, 0.3) is 0 Å². The Balaban J connectivity index is 1.89. The van der Waals surface area contributed by atoms with E-state index in [1.165, 1.54) is 0 Å². The normalized spacial score (nSPS) is 23.4. The summed E-state index contributed by atoms with van der Waals surface area (Å²) >= 11 is 1.65. The highest BCUT2D eigenvalue weighted by molar-refractivity contribution is 8.00. The van der Waals surface area contributed by atoms with Crippen molar-refractivity contribution in [3.8, 4) is 0 Å². The van der Waals surface area contributed by atoms with E-state index in [2.05, 4.69) is 6.92 Å². The molecule has 0 aromatic heterocycles. The molecule has 3 atom stereocenters. The molecule has 1 heterocycles. The Morgan fingerprint density at radius 1 is 1.11 bits per heavy atom. The average molecular weight is 383 g/mol. The van der Waals surface area contributed by atoms with Crippen LogP contribution < -0.4 is 0 Å². The fourth-order valence-electron chi connectivity index (χ4n) is 3.44. The Labute approximate surface area is 165 Å². The third-order valence-electron chi connectivity index (χ3n) is 4.82. The van der Waals surface area contributed by atoms with Gasteiger partial charge in [-0.15, -0.1) is 11.8 Å². The summed E-state index contributed by atoms with van der Waals surface area (Å²) in [4.78, 5) is 14.0. The van der Waals surface area contributed by atoms with Gasteiger partial charge in [-0.25, -0.2) is 0 Å². The SMILES string of the molecule is CCCCC(Sc1ccccc1)C1C(=O)OC(c2ccccc2)=CC1(C)O. The summed E-state index contributed by atoms with van der Waals surface area (Å²) in [6, 6.07) is 19.5. The van der Waals surface area contributed by atoms with E-state index >= 15 is 0 Å². The van der Waals surface area contributed by atoms with Crippen LogP contribution in [0.2, 0.25) is 0 Å². The topological polar surface area (TPSA) is 46.5 Å². The molecule has 4 heteroatoms. The summed E-state index contributed by atoms with van der Waals surface area (Å²) in [5.74, 6) is -0.534. The second-order valence-corrected chi connectivity index (χ2v) is 8.42. The zero-order chi connectivity index (χ0) is 19.3. The van der Waals surface area contributed by atoms with Crippen molar-refractivity contribution in [2.24, 2.45) is 5.92 Å². The Morgan fingerprint density at radius 2 is 1.74 bits per heavy atom. The van der Waals surface area contributed by atoms with Crippen molar-refractivity contribution in [1.82, 2.24) is 0 Å². The third-order valence-corrected chi connectivity index (χ3v) is 6.18. The van der Waals surface area contributed by atoms with Crippen molar-refractivity contribution >= 4 is 23.5 Å². The second-order valence-electron chi connectivity index (χ2n) is 7.11. The van der Waals surface area contributed by atoms with E-state index in [4.69, 9.17) is 4.74 Å². The lowest BCUT2D eigenvalue weighted by molar-refractivity contribution is -0.150. The summed E-state index contributed by atoms with van der Waals surface area (Å²) < 4.78 is 5.67. The quantitative estimate of drug-likeness (QED) is 0.521. The molecule has 3 nitrogen and oxygen atoms in total. The number of cyclic esters (lactones) is 1. The monoisotopic (exact) mass is 382 g/mol. The zero-order valence-corrected chi connectivity index (χ0v) is 16.6. The molecular weight excluding hydrogens is 356 g/mol. The average Bonchev–Trinajstić information content (AvgIpc) is 2.66. The number of rotatable bonds is 7. The Kier molecular flexibility index (Phi) is 6.40. The van der Waals surface area contributed by atoms with E-state index in [0.29, 0.717) is 5.76 Å².